The number of halogens is 2. The Labute approximate surface area is 132 Å². The van der Waals surface area contributed by atoms with Gasteiger partial charge in [0.1, 0.15) is 5.75 Å². The van der Waals surface area contributed by atoms with Gasteiger partial charge in [0, 0.05) is 27.4 Å². The molecule has 0 aliphatic rings. The van der Waals surface area contributed by atoms with E-state index in [1.165, 1.54) is 0 Å². The molecule has 0 fully saturated rings. The second-order valence-electron chi connectivity index (χ2n) is 3.70. The number of hydrogen-bond donors (Lipinski definition) is 0. The van der Waals surface area contributed by atoms with Crippen LogP contribution < -0.4 is 4.74 Å². The molecule has 0 bridgehead atoms. The number of rotatable bonds is 4. The van der Waals surface area contributed by atoms with Crippen molar-refractivity contribution in [1.29, 1.82) is 0 Å². The van der Waals surface area contributed by atoms with Crippen molar-refractivity contribution in [3.8, 4) is 5.75 Å². The number of carbonyl (C=O) groups is 1. The summed E-state index contributed by atoms with van der Waals surface area (Å²) in [5.41, 5.74) is 1.67. The molecule has 1 aromatic carbocycles. The predicted octanol–water partition coefficient (Wildman–Crippen LogP) is 4.55. The summed E-state index contributed by atoms with van der Waals surface area (Å²) >= 11 is 7.21. The minimum absolute atomic E-state index is 0.116. The lowest BCUT2D eigenvalue weighted by atomic mass is 10.0. The molecule has 0 saturated carbocycles. The van der Waals surface area contributed by atoms with Crippen molar-refractivity contribution in [3.63, 3.8) is 0 Å². The molecular weight excluding hydrogens is 427 g/mol. The Morgan fingerprint density at radius 1 is 1.44 bits per heavy atom. The number of thiophene rings is 1. The Balaban J connectivity index is 2.23. The van der Waals surface area contributed by atoms with Gasteiger partial charge in [0.05, 0.1) is 9.99 Å². The van der Waals surface area contributed by atoms with Gasteiger partial charge in [-0.05, 0) is 46.9 Å². The lowest BCUT2D eigenvalue weighted by Gasteiger charge is -2.07. The van der Waals surface area contributed by atoms with Crippen LogP contribution >= 0.6 is 49.9 Å². The molecule has 0 spiro atoms. The van der Waals surface area contributed by atoms with E-state index in [1.54, 1.807) is 18.4 Å². The molecule has 2 rings (SSSR count). The van der Waals surface area contributed by atoms with Crippen molar-refractivity contribution < 1.29 is 9.53 Å². The second kappa shape index (κ2) is 6.16. The van der Waals surface area contributed by atoms with Crippen LogP contribution in [0.1, 0.15) is 15.9 Å². The average molecular weight is 437 g/mol. The fourth-order valence-electron chi connectivity index (χ4n) is 1.62. The molecule has 0 radical (unpaired) electrons. The summed E-state index contributed by atoms with van der Waals surface area (Å²) in [6.45, 7) is 0. The maximum Gasteiger partial charge on any atom is 0.168 e. The minimum Gasteiger partial charge on any atom is -0.496 e. The van der Waals surface area contributed by atoms with Gasteiger partial charge in [-0.2, -0.15) is 0 Å². The number of methoxy groups -OCH3 is 1. The number of ketones is 1. The van der Waals surface area contributed by atoms with Crippen LogP contribution in [-0.2, 0) is 6.42 Å². The van der Waals surface area contributed by atoms with E-state index in [9.17, 15) is 4.79 Å². The van der Waals surface area contributed by atoms with E-state index in [4.69, 9.17) is 4.74 Å². The minimum atomic E-state index is 0.116. The molecule has 0 aliphatic heterocycles. The SMILES string of the molecule is COc1ccc(Br)cc1CC(=O)c1csc(I)c1. The van der Waals surface area contributed by atoms with Crippen molar-refractivity contribution in [2.45, 2.75) is 6.42 Å². The topological polar surface area (TPSA) is 26.3 Å². The predicted molar refractivity (Wildman–Crippen MR) is 85.8 cm³/mol. The summed E-state index contributed by atoms with van der Waals surface area (Å²) < 4.78 is 7.34. The number of hydrogen-bond acceptors (Lipinski definition) is 3. The Kier molecular flexibility index (Phi) is 4.80. The molecule has 0 amide bonds. The molecule has 1 heterocycles. The summed E-state index contributed by atoms with van der Waals surface area (Å²) in [5.74, 6) is 0.863. The molecule has 0 atom stereocenters. The average Bonchev–Trinajstić information content (AvgIpc) is 2.76. The van der Waals surface area contributed by atoms with Gasteiger partial charge in [-0.3, -0.25) is 4.79 Å². The quantitative estimate of drug-likeness (QED) is 0.519. The van der Waals surface area contributed by atoms with Crippen molar-refractivity contribution in [3.05, 3.63) is 48.1 Å². The van der Waals surface area contributed by atoms with Crippen LogP contribution in [0.5, 0.6) is 5.75 Å². The Hall–Kier alpha value is -0.400. The van der Waals surface area contributed by atoms with E-state index in [2.05, 4.69) is 38.5 Å². The first-order chi connectivity index (χ1) is 8.60. The zero-order valence-corrected chi connectivity index (χ0v) is 14.1. The van der Waals surface area contributed by atoms with Gasteiger partial charge < -0.3 is 4.74 Å². The maximum absolute atomic E-state index is 12.1. The molecule has 0 N–H and O–H groups in total. The molecule has 5 heteroatoms. The third-order valence-electron chi connectivity index (χ3n) is 2.48. The van der Waals surface area contributed by atoms with Crippen LogP contribution in [0.4, 0.5) is 0 Å². The zero-order valence-electron chi connectivity index (χ0n) is 9.57. The first-order valence-electron chi connectivity index (χ1n) is 5.20. The Morgan fingerprint density at radius 2 is 2.22 bits per heavy atom. The molecule has 0 unspecified atom stereocenters. The standard InChI is InChI=1S/C13H10BrIO2S/c1-17-12-3-2-10(14)4-8(12)5-11(16)9-6-13(15)18-7-9/h2-4,6-7H,5H2,1H3. The Morgan fingerprint density at radius 3 is 2.83 bits per heavy atom. The number of Topliss-reactive ketones (excluding diaryl/α,β-unsaturated/α-hetero) is 1. The van der Waals surface area contributed by atoms with Crippen LogP contribution in [0, 0.1) is 2.88 Å². The molecule has 0 aliphatic carbocycles. The van der Waals surface area contributed by atoms with Crippen molar-refractivity contribution in [1.82, 2.24) is 0 Å². The van der Waals surface area contributed by atoms with Gasteiger partial charge >= 0.3 is 0 Å². The zero-order chi connectivity index (χ0) is 13.1. The fourth-order valence-corrected chi connectivity index (χ4v) is 3.38. The van der Waals surface area contributed by atoms with E-state index in [0.29, 0.717) is 6.42 Å². The van der Waals surface area contributed by atoms with Crippen LogP contribution in [0.15, 0.2) is 34.1 Å². The highest BCUT2D eigenvalue weighted by Crippen LogP contribution is 2.25. The molecule has 2 aromatic rings. The maximum atomic E-state index is 12.1. The molecule has 18 heavy (non-hydrogen) atoms. The van der Waals surface area contributed by atoms with Crippen LogP contribution in [0.25, 0.3) is 0 Å². The van der Waals surface area contributed by atoms with Crippen molar-refractivity contribution >= 4 is 55.6 Å². The number of carbonyl (C=O) groups excluding carboxylic acids is 1. The lowest BCUT2D eigenvalue weighted by Crippen LogP contribution is -2.03. The summed E-state index contributed by atoms with van der Waals surface area (Å²) in [7, 11) is 1.62. The molecular formula is C13H10BrIO2S. The number of benzene rings is 1. The molecule has 2 nitrogen and oxygen atoms in total. The highest BCUT2D eigenvalue weighted by Gasteiger charge is 2.12. The Bertz CT molecular complexity index is 580. The lowest BCUT2D eigenvalue weighted by molar-refractivity contribution is 0.0992. The van der Waals surface area contributed by atoms with Gasteiger partial charge in [-0.25, -0.2) is 0 Å². The first kappa shape index (κ1) is 14.0. The van der Waals surface area contributed by atoms with E-state index in [-0.39, 0.29) is 5.78 Å². The summed E-state index contributed by atoms with van der Waals surface area (Å²) in [5, 5.41) is 1.90. The van der Waals surface area contributed by atoms with Gasteiger partial charge in [0.15, 0.2) is 5.78 Å². The molecule has 94 valence electrons. The smallest absolute Gasteiger partial charge is 0.168 e. The van der Waals surface area contributed by atoms with Gasteiger partial charge in [-0.1, -0.05) is 15.9 Å². The van der Waals surface area contributed by atoms with Crippen LogP contribution in [0.3, 0.4) is 0 Å². The summed E-state index contributed by atoms with van der Waals surface area (Å²) in [6.07, 6.45) is 0.357. The monoisotopic (exact) mass is 436 g/mol. The van der Waals surface area contributed by atoms with Crippen molar-refractivity contribution in [2.75, 3.05) is 7.11 Å². The van der Waals surface area contributed by atoms with E-state index in [0.717, 1.165) is 24.2 Å². The van der Waals surface area contributed by atoms with Crippen LogP contribution in [0.2, 0.25) is 0 Å². The highest BCUT2D eigenvalue weighted by molar-refractivity contribution is 14.1. The van der Waals surface area contributed by atoms with E-state index in [1.807, 2.05) is 29.6 Å². The van der Waals surface area contributed by atoms with Crippen molar-refractivity contribution in [2.24, 2.45) is 0 Å². The van der Waals surface area contributed by atoms with Gasteiger partial charge in [-0.15, -0.1) is 11.3 Å². The third kappa shape index (κ3) is 3.33. The molecule has 1 aromatic heterocycles. The second-order valence-corrected chi connectivity index (χ2v) is 7.42. The van der Waals surface area contributed by atoms with E-state index >= 15 is 0 Å². The fraction of sp³-hybridized carbons (Fsp3) is 0.154. The summed E-state index contributed by atoms with van der Waals surface area (Å²) in [4.78, 5) is 12.1. The third-order valence-corrected chi connectivity index (χ3v) is 4.77. The number of ether oxygens (including phenoxy) is 1. The highest BCUT2D eigenvalue weighted by atomic mass is 127. The summed E-state index contributed by atoms with van der Waals surface area (Å²) in [6, 6.07) is 7.61. The van der Waals surface area contributed by atoms with Gasteiger partial charge in [0.25, 0.3) is 0 Å². The first-order valence-corrected chi connectivity index (χ1v) is 7.95. The van der Waals surface area contributed by atoms with E-state index < -0.39 is 0 Å². The largest absolute Gasteiger partial charge is 0.496 e. The van der Waals surface area contributed by atoms with Crippen LogP contribution in [-0.4, -0.2) is 12.9 Å². The normalized spacial score (nSPS) is 10.4. The van der Waals surface area contributed by atoms with Gasteiger partial charge in [0.2, 0.25) is 0 Å². The molecule has 0 saturated heterocycles.